The molecule has 0 aliphatic heterocycles. The van der Waals surface area contributed by atoms with Crippen molar-refractivity contribution in [1.29, 1.82) is 5.26 Å². The predicted molar refractivity (Wildman–Crippen MR) is 97.2 cm³/mol. The summed E-state index contributed by atoms with van der Waals surface area (Å²) in [4.78, 5) is 12.2. The highest BCUT2D eigenvalue weighted by Crippen LogP contribution is 2.31. The van der Waals surface area contributed by atoms with E-state index < -0.39 is 0 Å². The van der Waals surface area contributed by atoms with Crippen LogP contribution in [0.2, 0.25) is 0 Å². The first kappa shape index (κ1) is 16.1. The lowest BCUT2D eigenvalue weighted by Crippen LogP contribution is -2.37. The second-order valence-electron chi connectivity index (χ2n) is 7.33. The highest BCUT2D eigenvalue weighted by molar-refractivity contribution is 5.33. The van der Waals surface area contributed by atoms with Crippen LogP contribution >= 0.6 is 0 Å². The van der Waals surface area contributed by atoms with Gasteiger partial charge in [0.2, 0.25) is 0 Å². The van der Waals surface area contributed by atoms with Gasteiger partial charge in [0, 0.05) is 30.9 Å². The lowest BCUT2D eigenvalue weighted by molar-refractivity contribution is 0.436. The number of fused-ring (bicyclic) bond motifs is 1. The molecule has 1 atom stereocenters. The summed E-state index contributed by atoms with van der Waals surface area (Å²) in [5, 5.41) is 12.6. The molecule has 1 heterocycles. The third-order valence-electron chi connectivity index (χ3n) is 5.37. The van der Waals surface area contributed by atoms with Crippen LogP contribution in [0.5, 0.6) is 0 Å². The van der Waals surface area contributed by atoms with Gasteiger partial charge in [-0.1, -0.05) is 18.2 Å². The average Bonchev–Trinajstić information content (AvgIpc) is 3.46. The summed E-state index contributed by atoms with van der Waals surface area (Å²) in [5.41, 5.74) is 4.57. The average molecular weight is 333 g/mol. The summed E-state index contributed by atoms with van der Waals surface area (Å²) in [7, 11) is 0. The van der Waals surface area contributed by atoms with Crippen LogP contribution in [-0.2, 0) is 25.9 Å². The van der Waals surface area contributed by atoms with Gasteiger partial charge in [-0.2, -0.15) is 5.26 Å². The van der Waals surface area contributed by atoms with Gasteiger partial charge in [-0.15, -0.1) is 0 Å². The number of rotatable bonds is 5. The van der Waals surface area contributed by atoms with Crippen LogP contribution in [-0.4, -0.2) is 10.6 Å². The van der Waals surface area contributed by atoms with Crippen molar-refractivity contribution in [1.82, 2.24) is 9.88 Å². The fourth-order valence-electron chi connectivity index (χ4n) is 3.77. The largest absolute Gasteiger partial charge is 0.312 e. The molecule has 4 heteroatoms. The van der Waals surface area contributed by atoms with Crippen molar-refractivity contribution in [3.8, 4) is 6.07 Å². The molecule has 0 bridgehead atoms. The third kappa shape index (κ3) is 3.67. The molecule has 1 N–H and O–H groups in total. The molecule has 0 spiro atoms. The summed E-state index contributed by atoms with van der Waals surface area (Å²) in [6, 6.07) is 14.1. The van der Waals surface area contributed by atoms with E-state index >= 15 is 0 Å². The summed E-state index contributed by atoms with van der Waals surface area (Å²) in [6.07, 6.45) is 5.52. The minimum Gasteiger partial charge on any atom is -0.312 e. The standard InChI is InChI=1S/C21H23N3O/c22-12-16-2-1-3-17(10-16)13-23-19-7-8-20-18(11-19)6-9-21(25)24(20)14-15-4-5-15/h1-3,6,9-10,15,19,23H,4-5,7-8,11,13-14H2. The molecule has 1 saturated carbocycles. The molecule has 1 unspecified atom stereocenters. The number of hydrogen-bond donors (Lipinski definition) is 1. The zero-order chi connectivity index (χ0) is 17.2. The maximum Gasteiger partial charge on any atom is 0.250 e. The summed E-state index contributed by atoms with van der Waals surface area (Å²) < 4.78 is 2.03. The molecule has 4 nitrogen and oxygen atoms in total. The van der Waals surface area contributed by atoms with E-state index in [2.05, 4.69) is 17.5 Å². The topological polar surface area (TPSA) is 57.8 Å². The maximum atomic E-state index is 12.2. The number of nitrogens with zero attached hydrogens (tertiary/aromatic N) is 2. The van der Waals surface area contributed by atoms with Gasteiger partial charge < -0.3 is 9.88 Å². The van der Waals surface area contributed by atoms with E-state index in [0.29, 0.717) is 17.5 Å². The van der Waals surface area contributed by atoms with Crippen LogP contribution in [0.25, 0.3) is 0 Å². The Morgan fingerprint density at radius 3 is 2.88 bits per heavy atom. The number of pyridine rings is 1. The Morgan fingerprint density at radius 2 is 2.08 bits per heavy atom. The van der Waals surface area contributed by atoms with Crippen LogP contribution in [0.4, 0.5) is 0 Å². The highest BCUT2D eigenvalue weighted by atomic mass is 16.1. The molecule has 1 aromatic carbocycles. The number of nitrogens with one attached hydrogen (secondary N) is 1. The van der Waals surface area contributed by atoms with Gasteiger partial charge in [-0.05, 0) is 61.3 Å². The second kappa shape index (κ2) is 6.85. The number of nitriles is 1. The van der Waals surface area contributed by atoms with Gasteiger partial charge in [0.1, 0.15) is 0 Å². The first-order valence-corrected chi connectivity index (χ1v) is 9.17. The normalized spacial score (nSPS) is 19.2. The lowest BCUT2D eigenvalue weighted by atomic mass is 9.91. The number of aromatic nitrogens is 1. The van der Waals surface area contributed by atoms with Gasteiger partial charge in [-0.3, -0.25) is 4.79 Å². The van der Waals surface area contributed by atoms with Crippen molar-refractivity contribution in [2.24, 2.45) is 5.92 Å². The van der Waals surface area contributed by atoms with Crippen molar-refractivity contribution in [2.75, 3.05) is 0 Å². The lowest BCUT2D eigenvalue weighted by Gasteiger charge is -2.28. The SMILES string of the molecule is N#Cc1cccc(CNC2CCc3c(ccc(=O)n3CC3CC3)C2)c1. The van der Waals surface area contributed by atoms with Crippen molar-refractivity contribution in [3.63, 3.8) is 0 Å². The molecule has 0 amide bonds. The Morgan fingerprint density at radius 1 is 1.20 bits per heavy atom. The molecule has 0 radical (unpaired) electrons. The zero-order valence-electron chi connectivity index (χ0n) is 14.4. The molecule has 4 rings (SSSR count). The van der Waals surface area contributed by atoms with Crippen molar-refractivity contribution in [3.05, 3.63) is 69.1 Å². The van der Waals surface area contributed by atoms with Crippen LogP contribution < -0.4 is 10.9 Å². The molecule has 2 aliphatic rings. The van der Waals surface area contributed by atoms with E-state index in [-0.39, 0.29) is 5.56 Å². The minimum absolute atomic E-state index is 0.158. The number of hydrogen-bond acceptors (Lipinski definition) is 3. The van der Waals surface area contributed by atoms with Crippen LogP contribution in [0.1, 0.15) is 41.6 Å². The molecular formula is C21H23N3O. The molecule has 2 aliphatic carbocycles. The molecular weight excluding hydrogens is 310 g/mol. The van der Waals surface area contributed by atoms with E-state index in [1.807, 2.05) is 28.8 Å². The Hall–Kier alpha value is -2.38. The zero-order valence-corrected chi connectivity index (χ0v) is 14.4. The molecule has 1 aromatic heterocycles. The molecule has 2 aromatic rings. The van der Waals surface area contributed by atoms with Crippen molar-refractivity contribution >= 4 is 0 Å². The van der Waals surface area contributed by atoms with E-state index in [0.717, 1.165) is 37.9 Å². The van der Waals surface area contributed by atoms with Gasteiger partial charge in [0.25, 0.3) is 5.56 Å². The Bertz CT molecular complexity index is 873. The van der Waals surface area contributed by atoms with E-state index in [1.165, 1.54) is 24.1 Å². The van der Waals surface area contributed by atoms with Crippen molar-refractivity contribution in [2.45, 2.75) is 51.2 Å². The van der Waals surface area contributed by atoms with Crippen LogP contribution in [0.15, 0.2) is 41.2 Å². The van der Waals surface area contributed by atoms with E-state index in [1.54, 1.807) is 6.07 Å². The third-order valence-corrected chi connectivity index (χ3v) is 5.37. The molecule has 25 heavy (non-hydrogen) atoms. The predicted octanol–water partition coefficient (Wildman–Crippen LogP) is 2.78. The molecule has 0 saturated heterocycles. The van der Waals surface area contributed by atoms with Gasteiger partial charge >= 0.3 is 0 Å². The monoisotopic (exact) mass is 333 g/mol. The van der Waals surface area contributed by atoms with Gasteiger partial charge in [0.15, 0.2) is 0 Å². The van der Waals surface area contributed by atoms with Crippen molar-refractivity contribution < 1.29 is 0 Å². The Kier molecular flexibility index (Phi) is 4.42. The molecule has 128 valence electrons. The summed E-state index contributed by atoms with van der Waals surface area (Å²) in [6.45, 7) is 1.68. The maximum absolute atomic E-state index is 12.2. The summed E-state index contributed by atoms with van der Waals surface area (Å²) in [5.74, 6) is 0.715. The minimum atomic E-state index is 0.158. The second-order valence-corrected chi connectivity index (χ2v) is 7.33. The highest BCUT2D eigenvalue weighted by Gasteiger charge is 2.26. The number of benzene rings is 1. The fourth-order valence-corrected chi connectivity index (χ4v) is 3.77. The van der Waals surface area contributed by atoms with E-state index in [4.69, 9.17) is 5.26 Å². The van der Waals surface area contributed by atoms with Gasteiger partial charge in [-0.25, -0.2) is 0 Å². The Balaban J connectivity index is 1.44. The first-order valence-electron chi connectivity index (χ1n) is 9.17. The smallest absolute Gasteiger partial charge is 0.250 e. The quantitative estimate of drug-likeness (QED) is 0.915. The summed E-state index contributed by atoms with van der Waals surface area (Å²) >= 11 is 0. The van der Waals surface area contributed by atoms with E-state index in [9.17, 15) is 4.79 Å². The Labute approximate surface area is 148 Å². The molecule has 1 fully saturated rings. The van der Waals surface area contributed by atoms with Gasteiger partial charge in [0.05, 0.1) is 11.6 Å². The fraction of sp³-hybridized carbons (Fsp3) is 0.429. The van der Waals surface area contributed by atoms with Crippen LogP contribution in [0, 0.1) is 17.2 Å². The van der Waals surface area contributed by atoms with Crippen LogP contribution in [0.3, 0.4) is 0 Å². The first-order chi connectivity index (χ1) is 12.2.